The number of hydrogen-bond donors (Lipinski definition) is 1. The lowest BCUT2D eigenvalue weighted by molar-refractivity contribution is -0.116. The summed E-state index contributed by atoms with van der Waals surface area (Å²) >= 11 is 0. The van der Waals surface area contributed by atoms with Crippen LogP contribution in [0.5, 0.6) is 0 Å². The average Bonchev–Trinajstić information content (AvgIpc) is 2.10. The first-order chi connectivity index (χ1) is 5.81. The van der Waals surface area contributed by atoms with Gasteiger partial charge in [0.2, 0.25) is 5.91 Å². The van der Waals surface area contributed by atoms with Gasteiger partial charge in [-0.25, -0.2) is 0 Å². The molecule has 0 heterocycles. The first-order valence-electron chi connectivity index (χ1n) is 4.08. The van der Waals surface area contributed by atoms with E-state index < -0.39 is 0 Å². The quantitative estimate of drug-likeness (QED) is 0.471. The Morgan fingerprint density at radius 1 is 1.50 bits per heavy atom. The molecule has 3 nitrogen and oxygen atoms in total. The average molecular weight is 167 g/mol. The SMILES string of the molecule is C#[N+]CCCCCNC(=O)C=C. The molecular formula is C9H15N2O+. The van der Waals surface area contributed by atoms with Gasteiger partial charge in [-0.05, 0) is 18.9 Å². The van der Waals surface area contributed by atoms with Crippen molar-refractivity contribution in [1.29, 1.82) is 0 Å². The molecule has 0 aliphatic heterocycles. The lowest BCUT2D eigenvalue weighted by Crippen LogP contribution is -2.21. The smallest absolute Gasteiger partial charge is 0.263 e. The van der Waals surface area contributed by atoms with Crippen molar-refractivity contribution >= 4 is 5.91 Å². The Balaban J connectivity index is 3.06. The summed E-state index contributed by atoms with van der Waals surface area (Å²) in [5.41, 5.74) is 0. The van der Waals surface area contributed by atoms with Crippen LogP contribution in [0, 0.1) is 6.57 Å². The molecule has 0 atom stereocenters. The normalized spacial score (nSPS) is 8.58. The molecule has 0 aliphatic carbocycles. The van der Waals surface area contributed by atoms with Crippen molar-refractivity contribution < 1.29 is 4.79 Å². The van der Waals surface area contributed by atoms with Crippen molar-refractivity contribution in [2.75, 3.05) is 13.1 Å². The number of rotatable bonds is 6. The second kappa shape index (κ2) is 7.80. The molecule has 0 rings (SSSR count). The van der Waals surface area contributed by atoms with Crippen molar-refractivity contribution in [1.82, 2.24) is 5.32 Å². The zero-order chi connectivity index (χ0) is 9.23. The van der Waals surface area contributed by atoms with Crippen molar-refractivity contribution in [3.05, 3.63) is 17.5 Å². The fraction of sp³-hybridized carbons (Fsp3) is 0.556. The summed E-state index contributed by atoms with van der Waals surface area (Å²) in [5, 5.41) is 2.69. The molecule has 0 saturated heterocycles. The summed E-state index contributed by atoms with van der Waals surface area (Å²) in [5.74, 6) is -0.112. The number of unbranched alkanes of at least 4 members (excludes halogenated alkanes) is 2. The number of carbonyl (C=O) groups is 1. The highest BCUT2D eigenvalue weighted by molar-refractivity contribution is 5.86. The molecule has 0 aromatic carbocycles. The fourth-order valence-corrected chi connectivity index (χ4v) is 0.789. The van der Waals surface area contributed by atoms with E-state index in [2.05, 4.69) is 16.7 Å². The third-order valence-corrected chi connectivity index (χ3v) is 1.45. The Kier molecular flexibility index (Phi) is 6.96. The maximum atomic E-state index is 10.6. The van der Waals surface area contributed by atoms with Crippen LogP contribution in [0.4, 0.5) is 0 Å². The van der Waals surface area contributed by atoms with E-state index in [0.717, 1.165) is 19.3 Å². The number of carbonyl (C=O) groups excluding carboxylic acids is 1. The summed E-state index contributed by atoms with van der Waals surface area (Å²) in [4.78, 5) is 14.1. The summed E-state index contributed by atoms with van der Waals surface area (Å²) in [6, 6.07) is 0. The molecule has 66 valence electrons. The minimum Gasteiger partial charge on any atom is -0.353 e. The van der Waals surface area contributed by atoms with E-state index in [4.69, 9.17) is 6.57 Å². The minimum atomic E-state index is -0.112. The molecule has 0 bridgehead atoms. The van der Waals surface area contributed by atoms with Gasteiger partial charge in [0.25, 0.3) is 13.1 Å². The van der Waals surface area contributed by atoms with Crippen LogP contribution in [0.3, 0.4) is 0 Å². The second-order valence-corrected chi connectivity index (χ2v) is 2.46. The Morgan fingerprint density at radius 2 is 2.25 bits per heavy atom. The van der Waals surface area contributed by atoms with Gasteiger partial charge in [0.15, 0.2) is 0 Å². The van der Waals surface area contributed by atoms with Gasteiger partial charge in [0, 0.05) is 13.0 Å². The molecule has 0 radical (unpaired) electrons. The van der Waals surface area contributed by atoms with E-state index in [-0.39, 0.29) is 5.91 Å². The van der Waals surface area contributed by atoms with E-state index in [9.17, 15) is 4.79 Å². The first-order valence-corrected chi connectivity index (χ1v) is 4.08. The number of nitrogens with zero attached hydrogens (tertiary/aromatic N) is 1. The van der Waals surface area contributed by atoms with Gasteiger partial charge < -0.3 is 5.32 Å². The summed E-state index contributed by atoms with van der Waals surface area (Å²) in [6.45, 7) is 9.71. The van der Waals surface area contributed by atoms with E-state index in [1.54, 1.807) is 0 Å². The zero-order valence-electron chi connectivity index (χ0n) is 7.25. The Morgan fingerprint density at radius 3 is 2.83 bits per heavy atom. The molecule has 1 N–H and O–H groups in total. The lowest BCUT2D eigenvalue weighted by atomic mass is 10.2. The van der Waals surface area contributed by atoms with Gasteiger partial charge >= 0.3 is 0 Å². The van der Waals surface area contributed by atoms with Gasteiger partial charge in [-0.3, -0.25) is 4.79 Å². The van der Waals surface area contributed by atoms with Crippen LogP contribution in [0.15, 0.2) is 12.7 Å². The van der Waals surface area contributed by atoms with Gasteiger partial charge in [-0.15, -0.1) is 0 Å². The van der Waals surface area contributed by atoms with Crippen LogP contribution in [-0.2, 0) is 4.79 Å². The highest BCUT2D eigenvalue weighted by Gasteiger charge is 1.94. The zero-order valence-corrected chi connectivity index (χ0v) is 7.25. The van der Waals surface area contributed by atoms with E-state index in [0.29, 0.717) is 13.1 Å². The largest absolute Gasteiger partial charge is 0.353 e. The molecule has 0 fully saturated rings. The van der Waals surface area contributed by atoms with Crippen molar-refractivity contribution in [2.45, 2.75) is 19.3 Å². The van der Waals surface area contributed by atoms with Crippen LogP contribution in [-0.4, -0.2) is 19.0 Å². The van der Waals surface area contributed by atoms with Crippen LogP contribution >= 0.6 is 0 Å². The van der Waals surface area contributed by atoms with Crippen LogP contribution in [0.25, 0.3) is 4.85 Å². The van der Waals surface area contributed by atoms with Crippen molar-refractivity contribution in [3.63, 3.8) is 0 Å². The van der Waals surface area contributed by atoms with Gasteiger partial charge in [-0.2, -0.15) is 0 Å². The van der Waals surface area contributed by atoms with Gasteiger partial charge in [-0.1, -0.05) is 11.4 Å². The molecule has 0 unspecified atom stereocenters. The summed E-state index contributed by atoms with van der Waals surface area (Å²) in [6.07, 6.45) is 4.27. The second-order valence-electron chi connectivity index (χ2n) is 2.46. The van der Waals surface area contributed by atoms with Crippen LogP contribution < -0.4 is 5.32 Å². The molecule has 0 spiro atoms. The predicted molar refractivity (Wildman–Crippen MR) is 50.2 cm³/mol. The van der Waals surface area contributed by atoms with E-state index >= 15 is 0 Å². The molecule has 12 heavy (non-hydrogen) atoms. The standard InChI is InChI=1S/C9H14N2O/c1-3-9(12)11-8-6-4-5-7-10-2/h2-3H,1,4-8H2/p+1. The third-order valence-electron chi connectivity index (χ3n) is 1.45. The van der Waals surface area contributed by atoms with Crippen molar-refractivity contribution in [2.24, 2.45) is 0 Å². The van der Waals surface area contributed by atoms with Gasteiger partial charge in [0.1, 0.15) is 0 Å². The number of hydrogen-bond acceptors (Lipinski definition) is 1. The fourth-order valence-electron chi connectivity index (χ4n) is 0.789. The topological polar surface area (TPSA) is 33.5 Å². The Hall–Kier alpha value is -1.30. The number of nitrogens with one attached hydrogen (secondary N) is 1. The monoisotopic (exact) mass is 167 g/mol. The number of amides is 1. The molecule has 3 heteroatoms. The van der Waals surface area contributed by atoms with Crippen LogP contribution in [0.1, 0.15) is 19.3 Å². The maximum absolute atomic E-state index is 10.6. The van der Waals surface area contributed by atoms with E-state index in [1.165, 1.54) is 6.08 Å². The highest BCUT2D eigenvalue weighted by atomic mass is 16.1. The lowest BCUT2D eigenvalue weighted by Gasteiger charge is -1.98. The van der Waals surface area contributed by atoms with E-state index in [1.807, 2.05) is 0 Å². The van der Waals surface area contributed by atoms with Crippen LogP contribution in [0.2, 0.25) is 0 Å². The highest BCUT2D eigenvalue weighted by Crippen LogP contribution is 1.93. The molecule has 0 saturated carbocycles. The third kappa shape index (κ3) is 6.81. The minimum absolute atomic E-state index is 0.112. The van der Waals surface area contributed by atoms with Crippen molar-refractivity contribution in [3.8, 4) is 6.57 Å². The summed E-state index contributed by atoms with van der Waals surface area (Å²) < 4.78 is 0. The maximum Gasteiger partial charge on any atom is 0.263 e. The molecule has 0 aromatic rings. The molecular weight excluding hydrogens is 152 g/mol. The Labute approximate surface area is 73.3 Å². The van der Waals surface area contributed by atoms with Gasteiger partial charge in [0.05, 0.1) is 0 Å². The predicted octanol–water partition coefficient (Wildman–Crippen LogP) is 1.42. The Bertz CT molecular complexity index is 181. The molecule has 0 aromatic heterocycles. The molecule has 1 amide bonds. The molecule has 0 aliphatic rings. The first kappa shape index (κ1) is 10.7. The summed E-state index contributed by atoms with van der Waals surface area (Å²) in [7, 11) is 0.